The number of hydrogen-bond donors (Lipinski definition) is 4. The third-order valence-electron chi connectivity index (χ3n) is 6.62. The molecule has 2 heterocycles. The van der Waals surface area contributed by atoms with E-state index < -0.39 is 44.7 Å². The predicted octanol–water partition coefficient (Wildman–Crippen LogP) is 4.06. The SMILES string of the molecule is CCCCCCCCCCCCCCCCOP(=O)(O)OC[C@H]1O[C@@H](n2ccc(N)nc2=O)[C@@H](O)[C@@H]1O. The van der Waals surface area contributed by atoms with Gasteiger partial charge in [0.15, 0.2) is 6.23 Å². The predicted molar refractivity (Wildman–Crippen MR) is 141 cm³/mol. The van der Waals surface area contributed by atoms with Gasteiger partial charge < -0.3 is 25.6 Å². The van der Waals surface area contributed by atoms with Crippen LogP contribution in [0.25, 0.3) is 0 Å². The van der Waals surface area contributed by atoms with Gasteiger partial charge in [0, 0.05) is 6.20 Å². The summed E-state index contributed by atoms with van der Waals surface area (Å²) in [7, 11) is -4.36. The maximum Gasteiger partial charge on any atom is 0.472 e. The van der Waals surface area contributed by atoms with E-state index in [0.29, 0.717) is 6.42 Å². The number of ether oxygens (including phenoxy) is 1. The van der Waals surface area contributed by atoms with Crippen molar-refractivity contribution in [3.05, 3.63) is 22.7 Å². The first kappa shape index (κ1) is 31.9. The van der Waals surface area contributed by atoms with Crippen LogP contribution in [0.3, 0.4) is 0 Å². The molecule has 37 heavy (non-hydrogen) atoms. The normalized spacial score (nSPS) is 23.4. The second-order valence-electron chi connectivity index (χ2n) is 9.78. The zero-order valence-electron chi connectivity index (χ0n) is 22.1. The lowest BCUT2D eigenvalue weighted by Gasteiger charge is -2.18. The smallest absolute Gasteiger partial charge is 0.387 e. The molecule has 1 aromatic rings. The Morgan fingerprint density at radius 3 is 2.03 bits per heavy atom. The summed E-state index contributed by atoms with van der Waals surface area (Å²) in [5.74, 6) is 0.00587. The van der Waals surface area contributed by atoms with Gasteiger partial charge in [0.25, 0.3) is 0 Å². The highest BCUT2D eigenvalue weighted by atomic mass is 31.2. The van der Waals surface area contributed by atoms with Crippen LogP contribution in [0.15, 0.2) is 17.1 Å². The zero-order valence-corrected chi connectivity index (χ0v) is 23.0. The van der Waals surface area contributed by atoms with Crippen LogP contribution in [0.4, 0.5) is 5.82 Å². The molecule has 1 fully saturated rings. The van der Waals surface area contributed by atoms with Crippen LogP contribution >= 0.6 is 7.82 Å². The van der Waals surface area contributed by atoms with Gasteiger partial charge in [-0.1, -0.05) is 90.4 Å². The number of nitrogens with two attached hydrogens (primary N) is 1. The van der Waals surface area contributed by atoms with Crippen molar-refractivity contribution in [1.82, 2.24) is 9.55 Å². The third-order valence-corrected chi connectivity index (χ3v) is 7.60. The van der Waals surface area contributed by atoms with E-state index in [0.717, 1.165) is 23.8 Å². The first-order valence-corrected chi connectivity index (χ1v) is 15.2. The molecule has 12 heteroatoms. The average Bonchev–Trinajstić information content (AvgIpc) is 3.13. The first-order chi connectivity index (χ1) is 17.7. The largest absolute Gasteiger partial charge is 0.472 e. The van der Waals surface area contributed by atoms with E-state index in [-0.39, 0.29) is 12.4 Å². The Hall–Kier alpha value is -1.33. The Balaban J connectivity index is 1.53. The molecule has 2 rings (SSSR count). The lowest BCUT2D eigenvalue weighted by atomic mass is 10.0. The molecule has 5 N–H and O–H groups in total. The summed E-state index contributed by atoms with van der Waals surface area (Å²) in [4.78, 5) is 25.5. The fourth-order valence-corrected chi connectivity index (χ4v) is 5.17. The molecular weight excluding hydrogens is 501 g/mol. The number of nitrogens with zero attached hydrogens (tertiary/aromatic N) is 2. The molecule has 0 aliphatic carbocycles. The van der Waals surface area contributed by atoms with E-state index in [4.69, 9.17) is 19.5 Å². The molecular formula is C25H46N3O8P. The summed E-state index contributed by atoms with van der Waals surface area (Å²) in [6, 6.07) is 1.35. The monoisotopic (exact) mass is 547 g/mol. The molecule has 0 amide bonds. The second kappa shape index (κ2) is 17.3. The van der Waals surface area contributed by atoms with Crippen molar-refractivity contribution in [3.63, 3.8) is 0 Å². The van der Waals surface area contributed by atoms with Gasteiger partial charge in [-0.05, 0) is 12.5 Å². The van der Waals surface area contributed by atoms with Gasteiger partial charge in [0.2, 0.25) is 0 Å². The maximum absolute atomic E-state index is 12.2. The van der Waals surface area contributed by atoms with Crippen molar-refractivity contribution in [2.24, 2.45) is 0 Å². The summed E-state index contributed by atoms with van der Waals surface area (Å²) in [5, 5.41) is 20.5. The topological polar surface area (TPSA) is 166 Å². The zero-order chi connectivity index (χ0) is 27.1. The number of phosphoric acid groups is 1. The fraction of sp³-hybridized carbons (Fsp3) is 0.840. The highest BCUT2D eigenvalue weighted by Gasteiger charge is 2.45. The van der Waals surface area contributed by atoms with Crippen LogP contribution < -0.4 is 11.4 Å². The van der Waals surface area contributed by atoms with Crippen LogP contribution in [0.2, 0.25) is 0 Å². The quantitative estimate of drug-likeness (QED) is 0.138. The molecule has 214 valence electrons. The number of aliphatic hydroxyl groups excluding tert-OH is 2. The molecule has 0 saturated carbocycles. The van der Waals surface area contributed by atoms with Crippen molar-refractivity contribution in [1.29, 1.82) is 0 Å². The Bertz CT molecular complexity index is 871. The van der Waals surface area contributed by atoms with Gasteiger partial charge in [-0.3, -0.25) is 13.6 Å². The minimum absolute atomic E-state index is 0.00587. The lowest BCUT2D eigenvalue weighted by Crippen LogP contribution is -2.36. The summed E-state index contributed by atoms with van der Waals surface area (Å²) in [6.07, 6.45) is 12.9. The number of anilines is 1. The highest BCUT2D eigenvalue weighted by molar-refractivity contribution is 7.47. The minimum Gasteiger partial charge on any atom is -0.387 e. The van der Waals surface area contributed by atoms with Gasteiger partial charge in [0.1, 0.15) is 24.1 Å². The van der Waals surface area contributed by atoms with Gasteiger partial charge in [-0.15, -0.1) is 0 Å². The molecule has 1 unspecified atom stereocenters. The maximum atomic E-state index is 12.2. The van der Waals surface area contributed by atoms with Gasteiger partial charge in [0.05, 0.1) is 13.2 Å². The van der Waals surface area contributed by atoms with Crippen LogP contribution in [-0.2, 0) is 18.3 Å². The van der Waals surface area contributed by atoms with Crippen molar-refractivity contribution < 1.29 is 33.5 Å². The van der Waals surface area contributed by atoms with Crippen LogP contribution in [0.5, 0.6) is 0 Å². The van der Waals surface area contributed by atoms with Crippen molar-refractivity contribution >= 4 is 13.6 Å². The number of nitrogen functional groups attached to an aromatic ring is 1. The molecule has 0 aromatic carbocycles. The molecule has 1 saturated heterocycles. The average molecular weight is 548 g/mol. The summed E-state index contributed by atoms with van der Waals surface area (Å²) >= 11 is 0. The van der Waals surface area contributed by atoms with Crippen molar-refractivity contribution in [2.75, 3.05) is 18.9 Å². The summed E-state index contributed by atoms with van der Waals surface area (Å²) in [5.41, 5.74) is 4.69. The van der Waals surface area contributed by atoms with E-state index >= 15 is 0 Å². The highest BCUT2D eigenvalue weighted by Crippen LogP contribution is 2.44. The summed E-state index contributed by atoms with van der Waals surface area (Å²) < 4.78 is 28.6. The molecule has 11 nitrogen and oxygen atoms in total. The number of aliphatic hydroxyl groups is 2. The van der Waals surface area contributed by atoms with Gasteiger partial charge in [-0.25, -0.2) is 9.36 Å². The van der Waals surface area contributed by atoms with E-state index in [1.807, 2.05) is 0 Å². The van der Waals surface area contributed by atoms with Crippen molar-refractivity contribution in [2.45, 2.75) is 121 Å². The standard InChI is InChI=1S/C25H46N3O8P/c1-2-3-4-5-6-7-8-9-10-11-12-13-14-15-18-34-37(32,33)35-19-20-22(29)23(30)24(36-20)28-17-16-21(26)27-25(28)31/h16-17,20,22-24,29-30H,2-15,18-19H2,1H3,(H,32,33)(H2,26,27,31)/t20-,22-,23+,24-/m1/s1. The van der Waals surface area contributed by atoms with Crippen molar-refractivity contribution in [3.8, 4) is 0 Å². The minimum atomic E-state index is -4.36. The van der Waals surface area contributed by atoms with E-state index in [1.54, 1.807) is 0 Å². The van der Waals surface area contributed by atoms with Crippen LogP contribution in [0, 0.1) is 0 Å². The fourth-order valence-electron chi connectivity index (χ4n) is 4.40. The number of aromatic nitrogens is 2. The van der Waals surface area contributed by atoms with E-state index in [1.165, 1.54) is 76.5 Å². The Kier molecular flexibility index (Phi) is 14.9. The first-order valence-electron chi connectivity index (χ1n) is 13.7. The Labute approximate surface area is 220 Å². The molecule has 1 aliphatic heterocycles. The molecule has 0 bridgehead atoms. The Morgan fingerprint density at radius 1 is 0.946 bits per heavy atom. The molecule has 1 aromatic heterocycles. The lowest BCUT2D eigenvalue weighted by molar-refractivity contribution is -0.0551. The Morgan fingerprint density at radius 2 is 1.49 bits per heavy atom. The number of rotatable bonds is 20. The van der Waals surface area contributed by atoms with Gasteiger partial charge >= 0.3 is 13.5 Å². The van der Waals surface area contributed by atoms with Crippen LogP contribution in [-0.4, -0.2) is 56.2 Å². The number of unbranched alkanes of at least 4 members (excludes halogenated alkanes) is 13. The van der Waals surface area contributed by atoms with E-state index in [9.17, 15) is 24.5 Å². The molecule has 1 aliphatic rings. The summed E-state index contributed by atoms with van der Waals surface area (Å²) in [6.45, 7) is 1.82. The molecule has 0 radical (unpaired) electrons. The number of hydrogen-bond acceptors (Lipinski definition) is 9. The number of phosphoric ester groups is 1. The molecule has 5 atom stereocenters. The van der Waals surface area contributed by atoms with E-state index in [2.05, 4.69) is 11.9 Å². The van der Waals surface area contributed by atoms with Gasteiger partial charge in [-0.2, -0.15) is 4.98 Å². The van der Waals surface area contributed by atoms with Crippen LogP contribution in [0.1, 0.15) is 103 Å². The molecule has 0 spiro atoms. The second-order valence-corrected chi connectivity index (χ2v) is 11.2. The third kappa shape index (κ3) is 11.9.